The molecule has 2 aromatic carbocycles. The van der Waals surface area contributed by atoms with E-state index in [9.17, 15) is 18.0 Å². The molecule has 0 spiro atoms. The van der Waals surface area contributed by atoms with E-state index >= 15 is 0 Å². The van der Waals surface area contributed by atoms with Crippen LogP contribution in [0.5, 0.6) is 5.75 Å². The number of amides is 1. The monoisotopic (exact) mass is 418 g/mol. The summed E-state index contributed by atoms with van der Waals surface area (Å²) in [5, 5.41) is 2.26. The molecule has 4 nitrogen and oxygen atoms in total. The van der Waals surface area contributed by atoms with Gasteiger partial charge in [-0.25, -0.2) is 4.98 Å². The highest BCUT2D eigenvalue weighted by atomic mass is 32.1. The third-order valence-corrected chi connectivity index (χ3v) is 5.53. The summed E-state index contributed by atoms with van der Waals surface area (Å²) in [4.78, 5) is 18.8. The summed E-state index contributed by atoms with van der Waals surface area (Å²) < 4.78 is 44.5. The number of thiazole rings is 1. The molecule has 4 rings (SSSR count). The van der Waals surface area contributed by atoms with Gasteiger partial charge in [-0.15, -0.1) is 11.3 Å². The molecular weight excluding hydrogens is 401 g/mol. The number of nitrogens with zero attached hydrogens (tertiary/aromatic N) is 2. The van der Waals surface area contributed by atoms with Crippen LogP contribution >= 0.6 is 11.3 Å². The first kappa shape index (κ1) is 19.4. The molecule has 2 heterocycles. The van der Waals surface area contributed by atoms with Crippen LogP contribution in [0, 0.1) is 0 Å². The van der Waals surface area contributed by atoms with Crippen LogP contribution in [0.2, 0.25) is 0 Å². The third kappa shape index (κ3) is 4.27. The topological polar surface area (TPSA) is 42.4 Å². The maximum Gasteiger partial charge on any atom is 0.419 e. The van der Waals surface area contributed by atoms with Crippen LogP contribution in [0.3, 0.4) is 0 Å². The average molecular weight is 418 g/mol. The molecule has 0 aliphatic carbocycles. The standard InChI is InChI=1S/C21H17F3N2O2S/c22-21(23,24)16-6-2-4-8-18(16)28-12-19-25-15(13-29-19)11-20(27)26-10-9-14-5-1-3-7-17(14)26/h1-8,13H,9-12H2. The van der Waals surface area contributed by atoms with Crippen molar-refractivity contribution in [3.8, 4) is 5.75 Å². The van der Waals surface area contributed by atoms with Gasteiger partial charge in [0.05, 0.1) is 17.7 Å². The lowest BCUT2D eigenvalue weighted by Crippen LogP contribution is -2.30. The average Bonchev–Trinajstić information content (AvgIpc) is 3.32. The number of aromatic nitrogens is 1. The summed E-state index contributed by atoms with van der Waals surface area (Å²) >= 11 is 1.26. The van der Waals surface area contributed by atoms with Crippen LogP contribution in [-0.4, -0.2) is 17.4 Å². The lowest BCUT2D eigenvalue weighted by Gasteiger charge is -2.16. The summed E-state index contributed by atoms with van der Waals surface area (Å²) in [5.41, 5.74) is 1.85. The summed E-state index contributed by atoms with van der Waals surface area (Å²) in [5.74, 6) is -0.281. The fraction of sp³-hybridized carbons (Fsp3) is 0.238. The van der Waals surface area contributed by atoms with E-state index in [-0.39, 0.29) is 24.7 Å². The van der Waals surface area contributed by atoms with Crippen molar-refractivity contribution in [2.45, 2.75) is 25.6 Å². The van der Waals surface area contributed by atoms with Gasteiger partial charge in [-0.05, 0) is 30.2 Å². The molecule has 0 atom stereocenters. The Balaban J connectivity index is 1.39. The highest BCUT2D eigenvalue weighted by molar-refractivity contribution is 7.09. The van der Waals surface area contributed by atoms with E-state index in [0.717, 1.165) is 23.7 Å². The molecule has 0 unspecified atom stereocenters. The molecule has 1 aliphatic heterocycles. The summed E-state index contributed by atoms with van der Waals surface area (Å²) in [7, 11) is 0. The Labute approximate surface area is 169 Å². The molecular formula is C21H17F3N2O2S. The van der Waals surface area contributed by atoms with Crippen molar-refractivity contribution in [2.24, 2.45) is 0 Å². The molecule has 0 bridgehead atoms. The van der Waals surface area contributed by atoms with Crippen LogP contribution in [0.25, 0.3) is 0 Å². The molecule has 3 aromatic rings. The summed E-state index contributed by atoms with van der Waals surface area (Å²) in [6, 6.07) is 12.9. The van der Waals surface area contributed by atoms with Gasteiger partial charge in [0.15, 0.2) is 0 Å². The second kappa shape index (κ2) is 7.87. The highest BCUT2D eigenvalue weighted by Gasteiger charge is 2.34. The van der Waals surface area contributed by atoms with Crippen molar-refractivity contribution < 1.29 is 22.7 Å². The normalized spacial score (nSPS) is 13.4. The molecule has 8 heteroatoms. The first-order valence-electron chi connectivity index (χ1n) is 9.02. The van der Waals surface area contributed by atoms with Gasteiger partial charge in [-0.3, -0.25) is 4.79 Å². The maximum atomic E-state index is 13.0. The molecule has 0 saturated carbocycles. The number of alkyl halides is 3. The Hall–Kier alpha value is -2.87. The molecule has 0 radical (unpaired) electrons. The largest absolute Gasteiger partial charge is 0.486 e. The van der Waals surface area contributed by atoms with Crippen LogP contribution in [0.1, 0.15) is 21.8 Å². The first-order valence-corrected chi connectivity index (χ1v) is 9.90. The summed E-state index contributed by atoms with van der Waals surface area (Å²) in [6.45, 7) is 0.561. The Morgan fingerprint density at radius 3 is 2.72 bits per heavy atom. The molecule has 1 aromatic heterocycles. The predicted molar refractivity (Wildman–Crippen MR) is 104 cm³/mol. The molecule has 0 fully saturated rings. The Kier molecular flexibility index (Phi) is 5.27. The van der Waals surface area contributed by atoms with Gasteiger partial charge >= 0.3 is 6.18 Å². The predicted octanol–water partition coefficient (Wildman–Crippen LogP) is 4.87. The van der Waals surface area contributed by atoms with Crippen molar-refractivity contribution in [3.63, 3.8) is 0 Å². The zero-order valence-corrected chi connectivity index (χ0v) is 16.1. The number of hydrogen-bond donors (Lipinski definition) is 0. The molecule has 0 N–H and O–H groups in total. The smallest absolute Gasteiger partial charge is 0.419 e. The molecule has 29 heavy (non-hydrogen) atoms. The van der Waals surface area contributed by atoms with Crippen LogP contribution < -0.4 is 9.64 Å². The number of carbonyl (C=O) groups excluding carboxylic acids is 1. The van der Waals surface area contributed by atoms with Crippen molar-refractivity contribution in [1.82, 2.24) is 4.98 Å². The lowest BCUT2D eigenvalue weighted by molar-refractivity contribution is -0.139. The minimum absolute atomic E-state index is 0.0462. The van der Waals surface area contributed by atoms with Gasteiger partial charge in [0.25, 0.3) is 0 Å². The molecule has 150 valence electrons. The van der Waals surface area contributed by atoms with Crippen LogP contribution in [0.15, 0.2) is 53.9 Å². The number of carbonyl (C=O) groups is 1. The van der Waals surface area contributed by atoms with Crippen LogP contribution in [0.4, 0.5) is 18.9 Å². The zero-order chi connectivity index (χ0) is 20.4. The molecule has 0 saturated heterocycles. The number of hydrogen-bond acceptors (Lipinski definition) is 4. The SMILES string of the molecule is O=C(Cc1csc(COc2ccccc2C(F)(F)F)n1)N1CCc2ccccc21. The fourth-order valence-corrected chi connectivity index (χ4v) is 4.02. The number of rotatable bonds is 5. The molecule has 1 amide bonds. The van der Waals surface area contributed by atoms with Gasteiger partial charge < -0.3 is 9.64 Å². The van der Waals surface area contributed by atoms with Crippen molar-refractivity contribution in [3.05, 3.63) is 75.7 Å². The second-order valence-electron chi connectivity index (χ2n) is 6.62. The Morgan fingerprint density at radius 1 is 1.14 bits per heavy atom. The number of benzene rings is 2. The summed E-state index contributed by atoms with van der Waals surface area (Å²) in [6.07, 6.45) is -3.51. The fourth-order valence-electron chi connectivity index (χ4n) is 3.31. The number of anilines is 1. The maximum absolute atomic E-state index is 13.0. The van der Waals surface area contributed by atoms with E-state index in [1.54, 1.807) is 10.3 Å². The van der Waals surface area contributed by atoms with Gasteiger partial charge in [0.2, 0.25) is 5.91 Å². The molecule has 1 aliphatic rings. The van der Waals surface area contributed by atoms with E-state index in [1.807, 2.05) is 24.3 Å². The van der Waals surface area contributed by atoms with E-state index in [1.165, 1.54) is 29.5 Å². The van der Waals surface area contributed by atoms with E-state index in [0.29, 0.717) is 17.2 Å². The third-order valence-electron chi connectivity index (χ3n) is 4.66. The van der Waals surface area contributed by atoms with Crippen LogP contribution in [-0.2, 0) is 30.4 Å². The van der Waals surface area contributed by atoms with Gasteiger partial charge in [0.1, 0.15) is 17.4 Å². The number of fused-ring (bicyclic) bond motifs is 1. The van der Waals surface area contributed by atoms with E-state index < -0.39 is 11.7 Å². The zero-order valence-electron chi connectivity index (χ0n) is 15.3. The van der Waals surface area contributed by atoms with Gasteiger partial charge in [-0.1, -0.05) is 30.3 Å². The van der Waals surface area contributed by atoms with Crippen molar-refractivity contribution in [2.75, 3.05) is 11.4 Å². The minimum Gasteiger partial charge on any atom is -0.486 e. The lowest BCUT2D eigenvalue weighted by atomic mass is 10.2. The quantitative estimate of drug-likeness (QED) is 0.594. The number of ether oxygens (including phenoxy) is 1. The van der Waals surface area contributed by atoms with Crippen molar-refractivity contribution in [1.29, 1.82) is 0 Å². The van der Waals surface area contributed by atoms with E-state index in [4.69, 9.17) is 4.74 Å². The Morgan fingerprint density at radius 2 is 1.90 bits per heavy atom. The minimum atomic E-state index is -4.48. The Bertz CT molecular complexity index is 1030. The number of para-hydroxylation sites is 2. The highest BCUT2D eigenvalue weighted by Crippen LogP contribution is 2.36. The van der Waals surface area contributed by atoms with Crippen molar-refractivity contribution >= 4 is 22.9 Å². The van der Waals surface area contributed by atoms with Gasteiger partial charge in [-0.2, -0.15) is 13.2 Å². The van der Waals surface area contributed by atoms with Gasteiger partial charge in [0, 0.05) is 17.6 Å². The first-order chi connectivity index (χ1) is 13.9. The number of halogens is 3. The second-order valence-corrected chi connectivity index (χ2v) is 7.56. The van der Waals surface area contributed by atoms with E-state index in [2.05, 4.69) is 4.98 Å².